The third kappa shape index (κ3) is 4.35. The molecule has 3 N–H and O–H groups in total. The number of pyridine rings is 1. The van der Waals surface area contributed by atoms with Gasteiger partial charge in [0.15, 0.2) is 5.82 Å². The fraction of sp³-hybridized carbons (Fsp3) is 0.250. The first-order chi connectivity index (χ1) is 18.1. The van der Waals surface area contributed by atoms with Crippen LogP contribution in [-0.4, -0.2) is 56.2 Å². The Kier molecular flexibility index (Phi) is 4.85. The molecule has 0 saturated heterocycles. The summed E-state index contributed by atoms with van der Waals surface area (Å²) in [7, 11) is 1.98. The van der Waals surface area contributed by atoms with E-state index in [0.717, 1.165) is 22.8 Å². The van der Waals surface area contributed by atoms with Crippen LogP contribution in [0.5, 0.6) is 0 Å². The van der Waals surface area contributed by atoms with Crippen LogP contribution < -0.4 is 20.9 Å². The van der Waals surface area contributed by atoms with Gasteiger partial charge in [0.25, 0.3) is 5.91 Å². The molecule has 1 aliphatic rings. The normalized spacial score (nSPS) is 14.0. The smallest absolute Gasteiger partial charge is 0.254 e. The van der Waals surface area contributed by atoms with E-state index in [-0.39, 0.29) is 5.56 Å². The molecule has 5 rings (SSSR count). The summed E-state index contributed by atoms with van der Waals surface area (Å²) in [6.07, 6.45) is 3.03. The van der Waals surface area contributed by atoms with Gasteiger partial charge in [-0.1, -0.05) is 6.07 Å². The van der Waals surface area contributed by atoms with Crippen molar-refractivity contribution in [2.45, 2.75) is 20.4 Å². The van der Waals surface area contributed by atoms with Crippen molar-refractivity contribution in [2.75, 3.05) is 36.1 Å². The molecule has 0 aliphatic carbocycles. The summed E-state index contributed by atoms with van der Waals surface area (Å²) in [5, 5.41) is 16.9. The third-order valence-electron chi connectivity index (χ3n) is 5.70. The largest absolute Gasteiger partial charge is 0.371 e. The highest BCUT2D eigenvalue weighted by Gasteiger charge is 2.23. The lowest BCUT2D eigenvalue weighted by Crippen LogP contribution is -2.22. The highest BCUT2D eigenvalue weighted by molar-refractivity contribution is 6.01. The fourth-order valence-electron chi connectivity index (χ4n) is 4.17. The van der Waals surface area contributed by atoms with Crippen LogP contribution >= 0.6 is 0 Å². The van der Waals surface area contributed by atoms with Gasteiger partial charge in [0.1, 0.15) is 23.8 Å². The topological polar surface area (TPSA) is 126 Å². The quantitative estimate of drug-likeness (QED) is 0.401. The highest BCUT2D eigenvalue weighted by atomic mass is 16.1. The van der Waals surface area contributed by atoms with E-state index in [9.17, 15) is 4.79 Å². The molecule has 178 valence electrons. The molecule has 4 heterocycles. The van der Waals surface area contributed by atoms with E-state index in [4.69, 9.17) is 4.11 Å². The number of carbonyl (C=O) groups is 1. The second-order valence-corrected chi connectivity index (χ2v) is 8.23. The number of fused-ring (bicyclic) bond motifs is 3. The van der Waals surface area contributed by atoms with Crippen LogP contribution in [0.2, 0.25) is 0 Å². The van der Waals surface area contributed by atoms with Crippen molar-refractivity contribution in [3.05, 3.63) is 59.9 Å². The molecule has 0 fully saturated rings. The zero-order chi connectivity index (χ0) is 27.0. The number of hydrogen-bond donors (Lipinski definition) is 3. The Morgan fingerprint density at radius 3 is 2.80 bits per heavy atom. The molecule has 11 heteroatoms. The molecule has 0 bridgehead atoms. The summed E-state index contributed by atoms with van der Waals surface area (Å²) in [5.74, 6) is 1.50. The summed E-state index contributed by atoms with van der Waals surface area (Å²) in [6, 6.07) is 9.15. The number of amides is 1. The highest BCUT2D eigenvalue weighted by Crippen LogP contribution is 2.39. The lowest BCUT2D eigenvalue weighted by Gasteiger charge is -2.23. The van der Waals surface area contributed by atoms with Crippen molar-refractivity contribution >= 4 is 34.6 Å². The predicted molar refractivity (Wildman–Crippen MR) is 134 cm³/mol. The SMILES string of the molecule is [2H]C([2H])([2H])NC(=O)c1cnc(Nc2cc(C)nc(C)n2)cc1Nc1cccc2c1N(C)CCn1cnnc1-2. The number of aryl methyl sites for hydroxylation is 2. The molecule has 11 nitrogen and oxygen atoms in total. The second-order valence-electron chi connectivity index (χ2n) is 8.23. The summed E-state index contributed by atoms with van der Waals surface area (Å²) in [5.41, 5.74) is 3.67. The number of aromatic nitrogens is 6. The van der Waals surface area contributed by atoms with Gasteiger partial charge in [0.05, 0.1) is 22.6 Å². The van der Waals surface area contributed by atoms with Gasteiger partial charge < -0.3 is 25.4 Å². The first kappa shape index (κ1) is 18.8. The number of benzene rings is 1. The Balaban J connectivity index is 1.57. The summed E-state index contributed by atoms with van der Waals surface area (Å²) in [6.45, 7) is 2.41. The molecule has 0 spiro atoms. The van der Waals surface area contributed by atoms with Gasteiger partial charge in [0, 0.05) is 60.8 Å². The van der Waals surface area contributed by atoms with Gasteiger partial charge in [-0.05, 0) is 26.0 Å². The van der Waals surface area contributed by atoms with E-state index in [1.54, 1.807) is 25.4 Å². The minimum atomic E-state index is -2.66. The Morgan fingerprint density at radius 1 is 1.09 bits per heavy atom. The second kappa shape index (κ2) is 9.01. The average molecular weight is 474 g/mol. The molecule has 1 aliphatic heterocycles. The predicted octanol–water partition coefficient (Wildman–Crippen LogP) is 3.04. The Labute approximate surface area is 206 Å². The third-order valence-corrected chi connectivity index (χ3v) is 5.70. The number of para-hydroxylation sites is 1. The first-order valence-corrected chi connectivity index (χ1v) is 11.0. The molecule has 0 saturated carbocycles. The number of carbonyl (C=O) groups excluding carboxylic acids is 1. The van der Waals surface area contributed by atoms with Crippen LogP contribution in [0.15, 0.2) is 42.9 Å². The maximum atomic E-state index is 12.9. The molecule has 4 aromatic rings. The summed E-state index contributed by atoms with van der Waals surface area (Å²) in [4.78, 5) is 28.0. The molecule has 35 heavy (non-hydrogen) atoms. The van der Waals surface area contributed by atoms with E-state index < -0.39 is 12.9 Å². The standard InChI is InChI=1S/C24H26N10O/c1-14-10-21(29-15(2)28-14)31-20-11-19(17(12-26-20)24(35)25-3)30-18-7-5-6-16-22(18)33(4)8-9-34-13-27-32-23(16)34/h5-7,10-13H,8-9H2,1-4H3,(H,25,35)(H2,26,28,29,30,31)/i3D3. The van der Waals surface area contributed by atoms with Crippen molar-refractivity contribution in [3.8, 4) is 11.4 Å². The van der Waals surface area contributed by atoms with Crippen LogP contribution in [0, 0.1) is 13.8 Å². The van der Waals surface area contributed by atoms with E-state index >= 15 is 0 Å². The van der Waals surface area contributed by atoms with Gasteiger partial charge in [0.2, 0.25) is 0 Å². The molecule has 1 aromatic carbocycles. The van der Waals surface area contributed by atoms with Crippen molar-refractivity contribution in [3.63, 3.8) is 0 Å². The molecule has 0 atom stereocenters. The summed E-state index contributed by atoms with van der Waals surface area (Å²) < 4.78 is 24.4. The molecule has 1 amide bonds. The van der Waals surface area contributed by atoms with Crippen LogP contribution in [-0.2, 0) is 6.54 Å². The number of nitrogens with one attached hydrogen (secondary N) is 3. The maximum absolute atomic E-state index is 12.9. The number of nitrogens with zero attached hydrogens (tertiary/aromatic N) is 7. The first-order valence-electron chi connectivity index (χ1n) is 12.5. The zero-order valence-corrected chi connectivity index (χ0v) is 19.5. The van der Waals surface area contributed by atoms with Gasteiger partial charge in [-0.3, -0.25) is 4.79 Å². The lowest BCUT2D eigenvalue weighted by molar-refractivity contribution is 0.0963. The van der Waals surface area contributed by atoms with Crippen molar-refractivity contribution < 1.29 is 8.91 Å². The van der Waals surface area contributed by atoms with Crippen molar-refractivity contribution in [2.24, 2.45) is 0 Å². The van der Waals surface area contributed by atoms with Crippen LogP contribution in [0.25, 0.3) is 11.4 Å². The van der Waals surface area contributed by atoms with Crippen molar-refractivity contribution in [1.82, 2.24) is 35.0 Å². The van der Waals surface area contributed by atoms with Gasteiger partial charge in [-0.15, -0.1) is 10.2 Å². The van der Waals surface area contributed by atoms with E-state index in [1.807, 2.05) is 42.1 Å². The monoisotopic (exact) mass is 473 g/mol. The van der Waals surface area contributed by atoms with Crippen LogP contribution in [0.4, 0.5) is 28.7 Å². The Morgan fingerprint density at radius 2 is 1.97 bits per heavy atom. The number of anilines is 5. The Hall–Kier alpha value is -4.54. The zero-order valence-electron chi connectivity index (χ0n) is 22.5. The van der Waals surface area contributed by atoms with Crippen molar-refractivity contribution in [1.29, 1.82) is 0 Å². The minimum Gasteiger partial charge on any atom is -0.371 e. The molecule has 0 radical (unpaired) electrons. The van der Waals surface area contributed by atoms with Crippen LogP contribution in [0.1, 0.15) is 26.0 Å². The van der Waals surface area contributed by atoms with Gasteiger partial charge in [-0.25, -0.2) is 15.0 Å². The molecular weight excluding hydrogens is 444 g/mol. The molecule has 3 aromatic heterocycles. The Bertz CT molecular complexity index is 1500. The van der Waals surface area contributed by atoms with E-state index in [2.05, 4.69) is 40.7 Å². The minimum absolute atomic E-state index is 0.0683. The molecule has 0 unspecified atom stereocenters. The fourth-order valence-corrected chi connectivity index (χ4v) is 4.17. The molecular formula is C24H26N10O. The average Bonchev–Trinajstić information content (AvgIpc) is 3.24. The maximum Gasteiger partial charge on any atom is 0.254 e. The van der Waals surface area contributed by atoms with Gasteiger partial charge >= 0.3 is 0 Å². The van der Waals surface area contributed by atoms with E-state index in [1.165, 1.54) is 6.20 Å². The number of rotatable bonds is 5. The van der Waals surface area contributed by atoms with Gasteiger partial charge in [-0.2, -0.15) is 0 Å². The van der Waals surface area contributed by atoms with E-state index in [0.29, 0.717) is 41.9 Å². The lowest BCUT2D eigenvalue weighted by atomic mass is 10.1. The number of likely N-dealkylation sites (N-methyl/N-ethyl adjacent to an activating group) is 1. The summed E-state index contributed by atoms with van der Waals surface area (Å²) >= 11 is 0. The number of hydrogen-bond acceptors (Lipinski definition) is 9. The van der Waals surface area contributed by atoms with Crippen LogP contribution in [0.3, 0.4) is 0 Å².